The van der Waals surface area contributed by atoms with Crippen molar-refractivity contribution in [3.8, 4) is 11.5 Å². The Kier molecular flexibility index (Phi) is 6.69. The van der Waals surface area contributed by atoms with Gasteiger partial charge >= 0.3 is 0 Å². The maximum atomic E-state index is 13.2. The van der Waals surface area contributed by atoms with Gasteiger partial charge in [0.1, 0.15) is 18.3 Å². The van der Waals surface area contributed by atoms with Crippen LogP contribution in [0.5, 0.6) is 11.5 Å². The van der Waals surface area contributed by atoms with Crippen molar-refractivity contribution >= 4 is 40.4 Å². The van der Waals surface area contributed by atoms with E-state index in [0.717, 1.165) is 16.8 Å². The number of thioether (sulfide) groups is 1. The van der Waals surface area contributed by atoms with E-state index in [0.29, 0.717) is 28.8 Å². The third-order valence-corrected chi connectivity index (χ3v) is 6.40. The summed E-state index contributed by atoms with van der Waals surface area (Å²) in [6.45, 7) is 2.54. The quantitative estimate of drug-likeness (QED) is 0.397. The summed E-state index contributed by atoms with van der Waals surface area (Å²) in [6, 6.07) is 21.1. The fourth-order valence-electron chi connectivity index (χ4n) is 3.82. The minimum atomic E-state index is -0.462. The molecule has 3 aromatic rings. The van der Waals surface area contributed by atoms with E-state index in [-0.39, 0.29) is 23.8 Å². The van der Waals surface area contributed by atoms with Crippen molar-refractivity contribution in [1.82, 2.24) is 4.90 Å². The SMILES string of the molecule is CCOc1cc(/C=C2/C(=N)N3C(c4ccccc4)=CSC3=NC2=O)ccc1OCc1ccc(F)cc1. The number of nitrogens with zero attached hydrogens (tertiary/aromatic N) is 2. The van der Waals surface area contributed by atoms with Crippen LogP contribution >= 0.6 is 11.8 Å². The minimum Gasteiger partial charge on any atom is -0.490 e. The molecule has 0 radical (unpaired) electrons. The predicted octanol–water partition coefficient (Wildman–Crippen LogP) is 6.11. The molecule has 0 bridgehead atoms. The number of halogens is 1. The van der Waals surface area contributed by atoms with Crippen molar-refractivity contribution in [2.75, 3.05) is 6.61 Å². The number of amidine groups is 2. The first-order valence-corrected chi connectivity index (χ1v) is 12.2. The van der Waals surface area contributed by atoms with E-state index in [1.165, 1.54) is 23.9 Å². The maximum Gasteiger partial charge on any atom is 0.283 e. The second-order valence-electron chi connectivity index (χ2n) is 7.98. The van der Waals surface area contributed by atoms with Crippen LogP contribution in [0.2, 0.25) is 0 Å². The van der Waals surface area contributed by atoms with Gasteiger partial charge in [-0.2, -0.15) is 4.99 Å². The lowest BCUT2D eigenvalue weighted by atomic mass is 10.1. The van der Waals surface area contributed by atoms with Gasteiger partial charge in [0, 0.05) is 5.41 Å². The molecule has 3 aromatic carbocycles. The smallest absolute Gasteiger partial charge is 0.283 e. The molecule has 36 heavy (non-hydrogen) atoms. The van der Waals surface area contributed by atoms with Crippen LogP contribution in [-0.4, -0.2) is 28.4 Å². The zero-order chi connectivity index (χ0) is 25.1. The number of carbonyl (C=O) groups excluding carboxylic acids is 1. The molecular formula is C28H22FN3O3S. The number of ether oxygens (including phenoxy) is 2. The first-order valence-electron chi connectivity index (χ1n) is 11.3. The van der Waals surface area contributed by atoms with Crippen molar-refractivity contribution in [2.24, 2.45) is 4.99 Å². The average molecular weight is 500 g/mol. The van der Waals surface area contributed by atoms with Gasteiger partial charge in [0.25, 0.3) is 5.91 Å². The first kappa shape index (κ1) is 23.6. The Labute approximate surface area is 212 Å². The highest BCUT2D eigenvalue weighted by Gasteiger charge is 2.36. The number of amides is 1. The highest BCUT2D eigenvalue weighted by molar-refractivity contribution is 8.17. The third-order valence-electron chi connectivity index (χ3n) is 5.57. The molecule has 1 amide bonds. The van der Waals surface area contributed by atoms with Crippen LogP contribution in [0.1, 0.15) is 23.6 Å². The summed E-state index contributed by atoms with van der Waals surface area (Å²) in [6.07, 6.45) is 1.64. The molecule has 0 saturated carbocycles. The zero-order valence-electron chi connectivity index (χ0n) is 19.4. The summed E-state index contributed by atoms with van der Waals surface area (Å²) in [5, 5.41) is 11.2. The van der Waals surface area contributed by atoms with Crippen molar-refractivity contribution < 1.29 is 18.7 Å². The summed E-state index contributed by atoms with van der Waals surface area (Å²) in [5.74, 6) is 0.341. The number of carbonyl (C=O) groups is 1. The molecule has 0 fully saturated rings. The number of hydrogen-bond donors (Lipinski definition) is 1. The highest BCUT2D eigenvalue weighted by atomic mass is 32.2. The van der Waals surface area contributed by atoms with Crippen molar-refractivity contribution in [1.29, 1.82) is 5.41 Å². The molecule has 2 aliphatic heterocycles. The van der Waals surface area contributed by atoms with E-state index in [9.17, 15) is 9.18 Å². The molecule has 1 N–H and O–H groups in total. The van der Waals surface area contributed by atoms with Gasteiger partial charge in [-0.3, -0.25) is 15.1 Å². The Bertz CT molecular complexity index is 1420. The largest absolute Gasteiger partial charge is 0.490 e. The Morgan fingerprint density at radius 2 is 1.81 bits per heavy atom. The van der Waals surface area contributed by atoms with Crippen LogP contribution in [0, 0.1) is 11.2 Å². The Morgan fingerprint density at radius 3 is 2.56 bits per heavy atom. The van der Waals surface area contributed by atoms with Crippen LogP contribution in [-0.2, 0) is 11.4 Å². The molecule has 8 heteroatoms. The van der Waals surface area contributed by atoms with E-state index >= 15 is 0 Å². The van der Waals surface area contributed by atoms with Gasteiger partial charge in [-0.15, -0.1) is 0 Å². The Hall–Kier alpha value is -4.17. The van der Waals surface area contributed by atoms with Crippen LogP contribution in [0.3, 0.4) is 0 Å². The average Bonchev–Trinajstić information content (AvgIpc) is 3.31. The zero-order valence-corrected chi connectivity index (χ0v) is 20.2. The van der Waals surface area contributed by atoms with Crippen LogP contribution in [0.4, 0.5) is 4.39 Å². The molecule has 2 heterocycles. The number of benzene rings is 3. The van der Waals surface area contributed by atoms with Gasteiger partial charge in [0.05, 0.1) is 17.9 Å². The van der Waals surface area contributed by atoms with Gasteiger partial charge in [-0.05, 0) is 54.0 Å². The van der Waals surface area contributed by atoms with E-state index in [4.69, 9.17) is 14.9 Å². The van der Waals surface area contributed by atoms with Gasteiger partial charge in [0.2, 0.25) is 0 Å². The molecule has 2 aliphatic rings. The molecule has 0 spiro atoms. The lowest BCUT2D eigenvalue weighted by Gasteiger charge is -2.27. The van der Waals surface area contributed by atoms with Gasteiger partial charge < -0.3 is 9.47 Å². The fraction of sp³-hybridized carbons (Fsp3) is 0.107. The summed E-state index contributed by atoms with van der Waals surface area (Å²) in [4.78, 5) is 18.7. The second-order valence-corrected chi connectivity index (χ2v) is 8.82. The standard InChI is InChI=1S/C28H22FN3O3S/c1-2-34-25-15-19(10-13-24(25)35-16-18-8-11-21(29)12-9-18)14-22-26(30)32-23(20-6-4-3-5-7-20)17-36-28(32)31-27(22)33/h3-15,17,30H,2,16H2,1H3/b22-14-,30-26?. The molecule has 5 rings (SSSR count). The van der Waals surface area contributed by atoms with Crippen LogP contribution in [0.15, 0.2) is 88.8 Å². The molecular weight excluding hydrogens is 477 g/mol. The van der Waals surface area contributed by atoms with E-state index < -0.39 is 5.91 Å². The fourth-order valence-corrected chi connectivity index (χ4v) is 4.71. The summed E-state index contributed by atoms with van der Waals surface area (Å²) >= 11 is 1.33. The number of hydrogen-bond acceptors (Lipinski definition) is 5. The molecule has 0 aromatic heterocycles. The first-order chi connectivity index (χ1) is 17.5. The molecule has 6 nitrogen and oxygen atoms in total. The number of rotatable bonds is 7. The summed E-state index contributed by atoms with van der Waals surface area (Å²) in [7, 11) is 0. The third kappa shape index (κ3) is 4.81. The highest BCUT2D eigenvalue weighted by Crippen LogP contribution is 2.38. The molecule has 0 atom stereocenters. The van der Waals surface area contributed by atoms with Crippen molar-refractivity contribution in [3.63, 3.8) is 0 Å². The Morgan fingerprint density at radius 1 is 1.03 bits per heavy atom. The lowest BCUT2D eigenvalue weighted by Crippen LogP contribution is -2.38. The number of fused-ring (bicyclic) bond motifs is 1. The predicted molar refractivity (Wildman–Crippen MR) is 140 cm³/mol. The monoisotopic (exact) mass is 499 g/mol. The maximum absolute atomic E-state index is 13.2. The van der Waals surface area contributed by atoms with Gasteiger partial charge in [-0.25, -0.2) is 4.39 Å². The summed E-state index contributed by atoms with van der Waals surface area (Å²) < 4.78 is 24.8. The van der Waals surface area contributed by atoms with E-state index in [2.05, 4.69) is 4.99 Å². The second kappa shape index (κ2) is 10.2. The van der Waals surface area contributed by atoms with Crippen LogP contribution in [0.25, 0.3) is 11.8 Å². The number of nitrogens with one attached hydrogen (secondary N) is 1. The van der Waals surface area contributed by atoms with E-state index in [1.54, 1.807) is 41.3 Å². The Balaban J connectivity index is 1.41. The van der Waals surface area contributed by atoms with Gasteiger partial charge in [0.15, 0.2) is 16.7 Å². The van der Waals surface area contributed by atoms with Crippen LogP contribution < -0.4 is 9.47 Å². The summed E-state index contributed by atoms with van der Waals surface area (Å²) in [5.41, 5.74) is 3.44. The molecule has 0 aliphatic carbocycles. The topological polar surface area (TPSA) is 75.0 Å². The number of aliphatic imine (C=N–C) groups is 1. The molecule has 0 unspecified atom stereocenters. The molecule has 0 saturated heterocycles. The lowest BCUT2D eigenvalue weighted by molar-refractivity contribution is -0.114. The van der Waals surface area contributed by atoms with Gasteiger partial charge in [-0.1, -0.05) is 60.3 Å². The van der Waals surface area contributed by atoms with Crippen molar-refractivity contribution in [2.45, 2.75) is 13.5 Å². The van der Waals surface area contributed by atoms with Crippen molar-refractivity contribution in [3.05, 3.63) is 106 Å². The van der Waals surface area contributed by atoms with E-state index in [1.807, 2.05) is 42.7 Å². The molecule has 180 valence electrons. The normalized spacial score (nSPS) is 16.1. The minimum absolute atomic E-state index is 0.0692.